The number of sulfone groups is 1. The van der Waals surface area contributed by atoms with Crippen LogP contribution in [0.2, 0.25) is 0 Å². The zero-order valence-corrected chi connectivity index (χ0v) is 13.3. The van der Waals surface area contributed by atoms with Gasteiger partial charge in [0, 0.05) is 6.54 Å². The Morgan fingerprint density at radius 2 is 1.74 bits per heavy atom. The number of hydrogen-bond acceptors (Lipinski definition) is 4. The van der Waals surface area contributed by atoms with Crippen LogP contribution in [0.5, 0.6) is 5.75 Å². The molecule has 1 N–H and O–H groups in total. The van der Waals surface area contributed by atoms with Gasteiger partial charge < -0.3 is 10.1 Å². The van der Waals surface area contributed by atoms with E-state index in [-0.39, 0.29) is 18.8 Å². The molecule has 4 nitrogen and oxygen atoms in total. The van der Waals surface area contributed by atoms with Gasteiger partial charge in [0.25, 0.3) is 0 Å². The van der Waals surface area contributed by atoms with Gasteiger partial charge in [-0.3, -0.25) is 0 Å². The normalized spacial score (nSPS) is 11.5. The van der Waals surface area contributed by atoms with Crippen LogP contribution >= 0.6 is 0 Å². The molecule has 0 aliphatic rings. The molecule has 0 saturated heterocycles. The number of alkyl halides is 2. The summed E-state index contributed by atoms with van der Waals surface area (Å²) < 4.78 is 54.2. The minimum absolute atomic E-state index is 0.140. The molecule has 0 heterocycles. The number of para-hydroxylation sites is 2. The Kier molecular flexibility index (Phi) is 5.54. The second-order valence-corrected chi connectivity index (χ2v) is 6.73. The van der Waals surface area contributed by atoms with Crippen molar-refractivity contribution >= 4 is 15.5 Å². The molecular weight excluding hydrogens is 324 g/mol. The Morgan fingerprint density at radius 3 is 2.43 bits per heavy atom. The van der Waals surface area contributed by atoms with E-state index in [0.29, 0.717) is 0 Å². The van der Waals surface area contributed by atoms with Crippen LogP contribution in [0.3, 0.4) is 0 Å². The van der Waals surface area contributed by atoms with E-state index in [0.717, 1.165) is 17.4 Å². The summed E-state index contributed by atoms with van der Waals surface area (Å²) in [6, 6.07) is 13.1. The summed E-state index contributed by atoms with van der Waals surface area (Å²) in [4.78, 5) is -0.411. The SMILES string of the molecule is Cc1ccccc1OCCNc1ccccc1S(=O)(=O)C(F)F. The maximum absolute atomic E-state index is 12.7. The van der Waals surface area contributed by atoms with Crippen molar-refractivity contribution in [3.63, 3.8) is 0 Å². The molecule has 0 saturated carbocycles. The number of aryl methyl sites for hydroxylation is 1. The van der Waals surface area contributed by atoms with E-state index in [1.54, 1.807) is 6.07 Å². The number of anilines is 1. The van der Waals surface area contributed by atoms with Gasteiger partial charge in [-0.15, -0.1) is 0 Å². The molecule has 0 amide bonds. The quantitative estimate of drug-likeness (QED) is 0.784. The third-order valence-electron chi connectivity index (χ3n) is 3.20. The van der Waals surface area contributed by atoms with Gasteiger partial charge in [-0.25, -0.2) is 8.42 Å². The second-order valence-electron chi connectivity index (χ2n) is 4.84. The Bertz CT molecular complexity index is 763. The van der Waals surface area contributed by atoms with Crippen molar-refractivity contribution in [1.29, 1.82) is 0 Å². The molecule has 0 aromatic heterocycles. The lowest BCUT2D eigenvalue weighted by atomic mass is 10.2. The summed E-state index contributed by atoms with van der Waals surface area (Å²) in [5, 5.41) is 2.83. The molecule has 0 fully saturated rings. The fraction of sp³-hybridized carbons (Fsp3) is 0.250. The molecular formula is C16H17F2NO3S. The molecule has 0 spiro atoms. The summed E-state index contributed by atoms with van der Waals surface area (Å²) >= 11 is 0. The van der Waals surface area contributed by atoms with Crippen molar-refractivity contribution in [2.75, 3.05) is 18.5 Å². The van der Waals surface area contributed by atoms with Crippen LogP contribution < -0.4 is 10.1 Å². The number of halogens is 2. The average molecular weight is 341 g/mol. The zero-order valence-electron chi connectivity index (χ0n) is 12.5. The lowest BCUT2D eigenvalue weighted by Gasteiger charge is -2.13. The standard InChI is InChI=1S/C16H17F2NO3S/c1-12-6-2-4-8-14(12)22-11-10-19-13-7-3-5-9-15(13)23(20,21)16(17)18/h2-9,16,19H,10-11H2,1H3. The van der Waals surface area contributed by atoms with Crippen molar-refractivity contribution in [3.8, 4) is 5.75 Å². The van der Waals surface area contributed by atoms with Gasteiger partial charge in [0.05, 0.1) is 10.6 Å². The number of nitrogens with one attached hydrogen (secondary N) is 1. The first kappa shape index (κ1) is 17.2. The third-order valence-corrected chi connectivity index (χ3v) is 4.64. The number of rotatable bonds is 7. The number of benzene rings is 2. The van der Waals surface area contributed by atoms with Crippen molar-refractivity contribution in [1.82, 2.24) is 0 Å². The highest BCUT2D eigenvalue weighted by Gasteiger charge is 2.28. The van der Waals surface area contributed by atoms with E-state index in [2.05, 4.69) is 5.32 Å². The van der Waals surface area contributed by atoms with Crippen molar-refractivity contribution in [2.45, 2.75) is 17.6 Å². The molecule has 23 heavy (non-hydrogen) atoms. The second kappa shape index (κ2) is 7.41. The Morgan fingerprint density at radius 1 is 1.09 bits per heavy atom. The van der Waals surface area contributed by atoms with Crippen LogP contribution in [0.1, 0.15) is 5.56 Å². The highest BCUT2D eigenvalue weighted by molar-refractivity contribution is 7.91. The summed E-state index contributed by atoms with van der Waals surface area (Å²) in [5.74, 6) is -2.73. The van der Waals surface area contributed by atoms with Crippen molar-refractivity contribution in [2.24, 2.45) is 0 Å². The molecule has 2 rings (SSSR count). The molecule has 7 heteroatoms. The van der Waals surface area contributed by atoms with Crippen LogP contribution in [-0.4, -0.2) is 27.3 Å². The van der Waals surface area contributed by atoms with Gasteiger partial charge in [-0.05, 0) is 30.7 Å². The van der Waals surface area contributed by atoms with Gasteiger partial charge >= 0.3 is 5.76 Å². The predicted octanol–water partition coefficient (Wildman–Crippen LogP) is 3.48. The molecule has 2 aromatic rings. The fourth-order valence-corrected chi connectivity index (χ4v) is 2.93. The summed E-state index contributed by atoms with van der Waals surface area (Å²) in [6.07, 6.45) is 0. The van der Waals surface area contributed by atoms with Crippen LogP contribution in [0.4, 0.5) is 14.5 Å². The molecule has 0 bridgehead atoms. The Labute approximate surface area is 134 Å². The van der Waals surface area contributed by atoms with E-state index in [1.807, 2.05) is 31.2 Å². The molecule has 0 unspecified atom stereocenters. The first-order chi connectivity index (χ1) is 10.9. The molecule has 0 radical (unpaired) electrons. The van der Waals surface area contributed by atoms with Gasteiger partial charge in [0.1, 0.15) is 12.4 Å². The average Bonchev–Trinajstić information content (AvgIpc) is 2.53. The van der Waals surface area contributed by atoms with Crippen LogP contribution in [0.25, 0.3) is 0 Å². The first-order valence-corrected chi connectivity index (χ1v) is 8.51. The molecule has 0 atom stereocenters. The van der Waals surface area contributed by atoms with Crippen molar-refractivity contribution in [3.05, 3.63) is 54.1 Å². The molecule has 124 valence electrons. The monoisotopic (exact) mass is 341 g/mol. The number of hydrogen-bond donors (Lipinski definition) is 1. The third kappa shape index (κ3) is 4.19. The van der Waals surface area contributed by atoms with Crippen LogP contribution in [0.15, 0.2) is 53.4 Å². The van der Waals surface area contributed by atoms with Gasteiger partial charge in [-0.1, -0.05) is 30.3 Å². The van der Waals surface area contributed by atoms with E-state index < -0.39 is 20.5 Å². The van der Waals surface area contributed by atoms with Gasteiger partial charge in [0.15, 0.2) is 0 Å². The molecule has 0 aliphatic carbocycles. The highest BCUT2D eigenvalue weighted by Crippen LogP contribution is 2.26. The predicted molar refractivity (Wildman–Crippen MR) is 84.8 cm³/mol. The van der Waals surface area contributed by atoms with Gasteiger partial charge in [-0.2, -0.15) is 8.78 Å². The van der Waals surface area contributed by atoms with E-state index in [1.165, 1.54) is 12.1 Å². The van der Waals surface area contributed by atoms with E-state index in [4.69, 9.17) is 4.74 Å². The topological polar surface area (TPSA) is 55.4 Å². The van der Waals surface area contributed by atoms with E-state index >= 15 is 0 Å². The van der Waals surface area contributed by atoms with Crippen molar-refractivity contribution < 1.29 is 21.9 Å². The molecule has 0 aliphatic heterocycles. The summed E-state index contributed by atoms with van der Waals surface area (Å²) in [6.45, 7) is 2.46. The Hall–Kier alpha value is -2.15. The minimum Gasteiger partial charge on any atom is -0.491 e. The Balaban J connectivity index is 2.01. The maximum atomic E-state index is 12.7. The first-order valence-electron chi connectivity index (χ1n) is 6.96. The summed E-state index contributed by atoms with van der Waals surface area (Å²) in [7, 11) is -4.64. The van der Waals surface area contributed by atoms with E-state index in [9.17, 15) is 17.2 Å². The van der Waals surface area contributed by atoms with Gasteiger partial charge in [0.2, 0.25) is 9.84 Å². The molecule has 2 aromatic carbocycles. The largest absolute Gasteiger partial charge is 0.491 e. The lowest BCUT2D eigenvalue weighted by Crippen LogP contribution is -2.17. The minimum atomic E-state index is -4.64. The maximum Gasteiger partial charge on any atom is 0.341 e. The zero-order chi connectivity index (χ0) is 16.9. The lowest BCUT2D eigenvalue weighted by molar-refractivity contribution is 0.235. The number of ether oxygens (including phenoxy) is 1. The fourth-order valence-electron chi connectivity index (χ4n) is 2.02. The smallest absolute Gasteiger partial charge is 0.341 e. The summed E-state index contributed by atoms with van der Waals surface area (Å²) in [5.41, 5.74) is 1.12. The van der Waals surface area contributed by atoms with Crippen LogP contribution in [-0.2, 0) is 9.84 Å². The van der Waals surface area contributed by atoms with Crippen LogP contribution in [0, 0.1) is 6.92 Å². The highest BCUT2D eigenvalue weighted by atomic mass is 32.2.